The molecule has 0 radical (unpaired) electrons. The zero-order valence-corrected chi connectivity index (χ0v) is 25.0. The summed E-state index contributed by atoms with van der Waals surface area (Å²) < 4.78 is 41.0. The summed E-state index contributed by atoms with van der Waals surface area (Å²) >= 11 is 0. The Kier molecular flexibility index (Phi) is 13.3. The standard InChI is InChI=1S/C31H49F3N6O/c1-4-23(2)12-13-24(10-5-7-18-35-3)25-14-16-26(17-15-25)38-30-37-22-27(31(32,33)34)29(39-30)36-19-9-21-40-20-8-6-11-28(40)41/h14-17,22-24,30,35-36,38-39H,4-13,18-21H2,1-3H3. The maximum Gasteiger partial charge on any atom is 0.421 e. The number of nitrogens with zero attached hydrogens (tertiary/aromatic N) is 2. The third-order valence-corrected chi connectivity index (χ3v) is 8.16. The summed E-state index contributed by atoms with van der Waals surface area (Å²) in [6.07, 6.45) is 5.62. The number of nitrogens with one attached hydrogen (secondary N) is 4. The van der Waals surface area contributed by atoms with Crippen LogP contribution in [0.15, 0.2) is 40.7 Å². The molecule has 0 saturated carbocycles. The number of anilines is 1. The first kappa shape index (κ1) is 32.8. The van der Waals surface area contributed by atoms with E-state index in [4.69, 9.17) is 0 Å². The molecule has 2 heterocycles. The summed E-state index contributed by atoms with van der Waals surface area (Å²) in [6.45, 7) is 7.14. The first-order chi connectivity index (χ1) is 19.7. The van der Waals surface area contributed by atoms with Gasteiger partial charge in [-0.3, -0.25) is 4.79 Å². The largest absolute Gasteiger partial charge is 0.421 e. The Bertz CT molecular complexity index is 995. The first-order valence-corrected chi connectivity index (χ1v) is 15.3. The molecule has 4 N–H and O–H groups in total. The van der Waals surface area contributed by atoms with Crippen molar-refractivity contribution in [1.29, 1.82) is 0 Å². The molecule has 41 heavy (non-hydrogen) atoms. The van der Waals surface area contributed by atoms with E-state index in [0.717, 1.165) is 57.1 Å². The van der Waals surface area contributed by atoms with Crippen LogP contribution in [-0.4, -0.2) is 62.7 Å². The molecule has 230 valence electrons. The van der Waals surface area contributed by atoms with E-state index in [0.29, 0.717) is 37.8 Å². The highest BCUT2D eigenvalue weighted by atomic mass is 19.4. The Morgan fingerprint density at radius 2 is 1.85 bits per heavy atom. The number of unbranched alkanes of at least 4 members (excludes halogenated alkanes) is 1. The topological polar surface area (TPSA) is 80.8 Å². The summed E-state index contributed by atoms with van der Waals surface area (Å²) in [5, 5.41) is 12.2. The monoisotopic (exact) mass is 578 g/mol. The molecule has 0 aromatic heterocycles. The summed E-state index contributed by atoms with van der Waals surface area (Å²) in [7, 11) is 1.98. The summed E-state index contributed by atoms with van der Waals surface area (Å²) in [5.74, 6) is 1.23. The van der Waals surface area contributed by atoms with E-state index in [-0.39, 0.29) is 11.7 Å². The molecular formula is C31H49F3N6O. The van der Waals surface area contributed by atoms with Crippen LogP contribution in [0.25, 0.3) is 0 Å². The van der Waals surface area contributed by atoms with Crippen LogP contribution in [0.3, 0.4) is 0 Å². The first-order valence-electron chi connectivity index (χ1n) is 15.3. The van der Waals surface area contributed by atoms with E-state index in [1.165, 1.54) is 24.8 Å². The van der Waals surface area contributed by atoms with Crippen molar-refractivity contribution in [2.75, 3.05) is 38.5 Å². The van der Waals surface area contributed by atoms with Crippen molar-refractivity contribution in [2.24, 2.45) is 10.9 Å². The van der Waals surface area contributed by atoms with Gasteiger partial charge in [-0.25, -0.2) is 4.99 Å². The smallest absolute Gasteiger partial charge is 0.371 e. The van der Waals surface area contributed by atoms with Gasteiger partial charge in [-0.1, -0.05) is 45.2 Å². The quantitative estimate of drug-likeness (QED) is 0.168. The van der Waals surface area contributed by atoms with Crippen LogP contribution in [-0.2, 0) is 4.79 Å². The van der Waals surface area contributed by atoms with Crippen molar-refractivity contribution < 1.29 is 18.0 Å². The Morgan fingerprint density at radius 3 is 2.54 bits per heavy atom. The van der Waals surface area contributed by atoms with Crippen molar-refractivity contribution in [2.45, 2.75) is 96.4 Å². The molecule has 3 rings (SSSR count). The van der Waals surface area contributed by atoms with Crippen molar-refractivity contribution >= 4 is 17.8 Å². The number of carbonyl (C=O) groups excluding carboxylic acids is 1. The molecular weight excluding hydrogens is 529 g/mol. The van der Waals surface area contributed by atoms with Crippen LogP contribution in [0.2, 0.25) is 0 Å². The molecule has 7 nitrogen and oxygen atoms in total. The van der Waals surface area contributed by atoms with Crippen molar-refractivity contribution in [1.82, 2.24) is 20.9 Å². The number of allylic oxidation sites excluding steroid dienone is 1. The highest BCUT2D eigenvalue weighted by molar-refractivity contribution is 5.82. The molecule has 2 aliphatic rings. The van der Waals surface area contributed by atoms with Gasteiger partial charge in [0.15, 0.2) is 6.29 Å². The highest BCUT2D eigenvalue weighted by Crippen LogP contribution is 2.31. The fourth-order valence-corrected chi connectivity index (χ4v) is 5.35. The Balaban J connectivity index is 1.58. The molecule has 1 aromatic rings. The van der Waals surface area contributed by atoms with E-state index >= 15 is 0 Å². The van der Waals surface area contributed by atoms with Crippen LogP contribution in [0.5, 0.6) is 0 Å². The molecule has 0 aliphatic carbocycles. The maximum atomic E-state index is 13.7. The second-order valence-corrected chi connectivity index (χ2v) is 11.4. The van der Waals surface area contributed by atoms with Gasteiger partial charge < -0.3 is 26.2 Å². The minimum atomic E-state index is -4.54. The number of hydrogen-bond donors (Lipinski definition) is 4. The zero-order chi connectivity index (χ0) is 29.7. The Morgan fingerprint density at radius 1 is 1.07 bits per heavy atom. The van der Waals surface area contributed by atoms with Gasteiger partial charge in [0.05, 0.1) is 0 Å². The fourth-order valence-electron chi connectivity index (χ4n) is 5.35. The van der Waals surface area contributed by atoms with Crippen LogP contribution in [0.4, 0.5) is 18.9 Å². The average Bonchev–Trinajstić information content (AvgIpc) is 2.95. The lowest BCUT2D eigenvalue weighted by atomic mass is 9.86. The van der Waals surface area contributed by atoms with Gasteiger partial charge in [-0.2, -0.15) is 13.2 Å². The summed E-state index contributed by atoms with van der Waals surface area (Å²) in [6, 6.07) is 8.24. The Labute approximate surface area is 243 Å². The number of benzene rings is 1. The number of rotatable bonds is 17. The van der Waals surface area contributed by atoms with E-state index in [1.807, 2.05) is 19.2 Å². The molecule has 0 bridgehead atoms. The van der Waals surface area contributed by atoms with Crippen molar-refractivity contribution in [3.8, 4) is 0 Å². The van der Waals surface area contributed by atoms with E-state index in [2.05, 4.69) is 52.2 Å². The fraction of sp³-hybridized carbons (Fsp3) is 0.677. The minimum absolute atomic E-state index is 0.0988. The molecule has 1 aromatic carbocycles. The number of halogens is 3. The highest BCUT2D eigenvalue weighted by Gasteiger charge is 2.38. The predicted molar refractivity (Wildman–Crippen MR) is 161 cm³/mol. The minimum Gasteiger partial charge on any atom is -0.371 e. The van der Waals surface area contributed by atoms with Crippen LogP contribution in [0, 0.1) is 5.92 Å². The van der Waals surface area contributed by atoms with Gasteiger partial charge in [0.2, 0.25) is 5.91 Å². The lowest BCUT2D eigenvalue weighted by Crippen LogP contribution is -2.45. The van der Waals surface area contributed by atoms with E-state index < -0.39 is 18.0 Å². The number of aliphatic imine (C=N–C) groups is 1. The maximum absolute atomic E-state index is 13.7. The number of alkyl halides is 3. The zero-order valence-electron chi connectivity index (χ0n) is 25.0. The van der Waals surface area contributed by atoms with Crippen molar-refractivity contribution in [3.63, 3.8) is 0 Å². The number of carbonyl (C=O) groups is 1. The van der Waals surface area contributed by atoms with E-state index in [1.54, 1.807) is 4.90 Å². The second kappa shape index (κ2) is 16.6. The second-order valence-electron chi connectivity index (χ2n) is 11.4. The number of piperidine rings is 1. The normalized spacial score (nSPS) is 19.2. The van der Waals surface area contributed by atoms with Gasteiger partial charge in [-0.05, 0) is 81.6 Å². The third-order valence-electron chi connectivity index (χ3n) is 8.16. The number of likely N-dealkylation sites (tertiary alicyclic amines) is 1. The number of hydrogen-bond acceptors (Lipinski definition) is 6. The van der Waals surface area contributed by atoms with Gasteiger partial charge in [0, 0.05) is 38.0 Å². The molecule has 10 heteroatoms. The number of amides is 1. The molecule has 1 fully saturated rings. The van der Waals surface area contributed by atoms with Crippen LogP contribution < -0.4 is 21.3 Å². The van der Waals surface area contributed by atoms with Gasteiger partial charge in [0.1, 0.15) is 11.4 Å². The third kappa shape index (κ3) is 10.9. The molecule has 2 aliphatic heterocycles. The SMILES string of the molecule is CCC(C)CCC(CCCCNC)c1ccc(NC2N=CC(C(F)(F)F)=C(NCCCN3CCCCC3=O)N2)cc1. The molecule has 1 amide bonds. The van der Waals surface area contributed by atoms with E-state index in [9.17, 15) is 18.0 Å². The van der Waals surface area contributed by atoms with Crippen molar-refractivity contribution in [3.05, 3.63) is 41.2 Å². The lowest BCUT2D eigenvalue weighted by molar-refractivity contribution is -0.133. The summed E-state index contributed by atoms with van der Waals surface area (Å²) in [4.78, 5) is 17.9. The molecule has 0 spiro atoms. The van der Waals surface area contributed by atoms with Gasteiger partial charge in [0.25, 0.3) is 0 Å². The predicted octanol–water partition coefficient (Wildman–Crippen LogP) is 6.12. The van der Waals surface area contributed by atoms with Crippen LogP contribution in [0.1, 0.15) is 89.5 Å². The summed E-state index contributed by atoms with van der Waals surface area (Å²) in [5.41, 5.74) is 1.26. The molecule has 1 saturated heterocycles. The average molecular weight is 579 g/mol. The lowest BCUT2D eigenvalue weighted by Gasteiger charge is -2.29. The molecule has 3 unspecified atom stereocenters. The van der Waals surface area contributed by atoms with Gasteiger partial charge >= 0.3 is 6.18 Å². The molecule has 3 atom stereocenters. The van der Waals surface area contributed by atoms with Gasteiger partial charge in [-0.15, -0.1) is 0 Å². The Hall–Kier alpha value is -2.75. The van der Waals surface area contributed by atoms with Crippen LogP contribution >= 0.6 is 0 Å².